The van der Waals surface area contributed by atoms with Crippen molar-refractivity contribution in [1.82, 2.24) is 9.97 Å². The summed E-state index contributed by atoms with van der Waals surface area (Å²) in [5, 5.41) is 1.52. The molecule has 18 heavy (non-hydrogen) atoms. The molecule has 2 nitrogen and oxygen atoms in total. The third kappa shape index (κ3) is 3.03. The summed E-state index contributed by atoms with van der Waals surface area (Å²) in [7, 11) is 0. The first-order chi connectivity index (χ1) is 8.58. The highest BCUT2D eigenvalue weighted by molar-refractivity contribution is 7.98. The van der Waals surface area contributed by atoms with Crippen molar-refractivity contribution in [3.05, 3.63) is 51.9 Å². The quantitative estimate of drug-likeness (QED) is 0.617. The van der Waals surface area contributed by atoms with E-state index < -0.39 is 0 Å². The molecule has 0 N–H and O–H groups in total. The normalized spacial score (nSPS) is 10.7. The summed E-state index contributed by atoms with van der Waals surface area (Å²) in [6, 6.07) is 8.39. The highest BCUT2D eigenvalue weighted by atomic mass is 35.5. The second kappa shape index (κ2) is 5.72. The fourth-order valence-electron chi connectivity index (χ4n) is 1.63. The molecule has 94 valence electrons. The predicted octanol–water partition coefficient (Wildman–Crippen LogP) is 4.35. The van der Waals surface area contributed by atoms with Gasteiger partial charge in [-0.15, -0.1) is 11.8 Å². The van der Waals surface area contributed by atoms with E-state index in [1.807, 2.05) is 13.8 Å². The first-order valence-electron chi connectivity index (χ1n) is 5.76. The van der Waals surface area contributed by atoms with Crippen molar-refractivity contribution >= 4 is 23.4 Å². The summed E-state index contributed by atoms with van der Waals surface area (Å²) >= 11 is 7.77. The zero-order chi connectivity index (χ0) is 13.1. The summed E-state index contributed by atoms with van der Waals surface area (Å²) in [6.45, 7) is 5.95. The van der Waals surface area contributed by atoms with Gasteiger partial charge < -0.3 is 0 Å². The van der Waals surface area contributed by atoms with Gasteiger partial charge in [0.25, 0.3) is 0 Å². The van der Waals surface area contributed by atoms with Crippen LogP contribution in [0.2, 0.25) is 5.15 Å². The molecule has 0 amide bonds. The Morgan fingerprint density at radius 1 is 1.11 bits per heavy atom. The molecule has 0 spiro atoms. The van der Waals surface area contributed by atoms with Crippen LogP contribution in [-0.2, 0) is 5.75 Å². The molecule has 1 heterocycles. The average molecular weight is 279 g/mol. The number of hydrogen-bond donors (Lipinski definition) is 0. The molecule has 0 atom stereocenters. The highest BCUT2D eigenvalue weighted by Gasteiger charge is 2.08. The van der Waals surface area contributed by atoms with E-state index in [2.05, 4.69) is 41.2 Å². The molecule has 0 bridgehead atoms. The van der Waals surface area contributed by atoms with Crippen LogP contribution in [0.15, 0.2) is 29.3 Å². The van der Waals surface area contributed by atoms with Gasteiger partial charge in [0.2, 0.25) is 0 Å². The number of nitrogens with zero attached hydrogens (tertiary/aromatic N) is 2. The van der Waals surface area contributed by atoms with Gasteiger partial charge in [0, 0.05) is 11.3 Å². The summed E-state index contributed by atoms with van der Waals surface area (Å²) in [5.74, 6) is 1.62. The lowest BCUT2D eigenvalue weighted by Crippen LogP contribution is -1.96. The highest BCUT2D eigenvalue weighted by Crippen LogP contribution is 2.28. The van der Waals surface area contributed by atoms with Gasteiger partial charge >= 0.3 is 0 Å². The maximum Gasteiger partial charge on any atom is 0.136 e. The maximum atomic E-state index is 6.07. The van der Waals surface area contributed by atoms with E-state index in [-0.39, 0.29) is 0 Å². The topological polar surface area (TPSA) is 25.8 Å². The molecule has 4 heteroatoms. The molecule has 0 aliphatic carbocycles. The molecule has 0 aliphatic heterocycles. The standard InChI is InChI=1S/C14H15ClN2S/c1-9-6-4-5-7-12(9)8-18-14-10(2)13(15)16-11(3)17-14/h4-7H,8H2,1-3H3. The number of benzene rings is 1. The van der Waals surface area contributed by atoms with Gasteiger partial charge in [0.15, 0.2) is 0 Å². The first kappa shape index (κ1) is 13.4. The van der Waals surface area contributed by atoms with Crippen molar-refractivity contribution < 1.29 is 0 Å². The van der Waals surface area contributed by atoms with Gasteiger partial charge in [-0.3, -0.25) is 0 Å². The Morgan fingerprint density at radius 2 is 1.83 bits per heavy atom. The summed E-state index contributed by atoms with van der Waals surface area (Å²) in [4.78, 5) is 8.59. The molecular weight excluding hydrogens is 264 g/mol. The molecule has 0 fully saturated rings. The zero-order valence-corrected chi connectivity index (χ0v) is 12.3. The molecule has 1 aromatic heterocycles. The van der Waals surface area contributed by atoms with E-state index >= 15 is 0 Å². The number of aromatic nitrogens is 2. The van der Waals surface area contributed by atoms with Crippen molar-refractivity contribution in [2.45, 2.75) is 31.6 Å². The van der Waals surface area contributed by atoms with Crippen LogP contribution < -0.4 is 0 Å². The Morgan fingerprint density at radius 3 is 2.56 bits per heavy atom. The zero-order valence-electron chi connectivity index (χ0n) is 10.7. The van der Waals surface area contributed by atoms with Gasteiger partial charge in [0.05, 0.1) is 0 Å². The van der Waals surface area contributed by atoms with E-state index in [9.17, 15) is 0 Å². The van der Waals surface area contributed by atoms with Crippen LogP contribution in [0.1, 0.15) is 22.5 Å². The molecule has 0 saturated heterocycles. The molecule has 0 unspecified atom stereocenters. The average Bonchev–Trinajstić information content (AvgIpc) is 2.33. The first-order valence-corrected chi connectivity index (χ1v) is 7.12. The number of rotatable bonds is 3. The molecule has 0 radical (unpaired) electrons. The molecular formula is C14H15ClN2S. The SMILES string of the molecule is Cc1nc(Cl)c(C)c(SCc2ccccc2C)n1. The van der Waals surface area contributed by atoms with Crippen molar-refractivity contribution in [3.63, 3.8) is 0 Å². The Labute approximate surface area is 117 Å². The fraction of sp³-hybridized carbons (Fsp3) is 0.286. The summed E-state index contributed by atoms with van der Waals surface area (Å²) < 4.78 is 0. The number of aryl methyl sites for hydroxylation is 2. The number of halogens is 1. The largest absolute Gasteiger partial charge is 0.227 e. The lowest BCUT2D eigenvalue weighted by atomic mass is 10.1. The summed E-state index contributed by atoms with van der Waals surface area (Å²) in [6.07, 6.45) is 0. The predicted molar refractivity (Wildman–Crippen MR) is 77.3 cm³/mol. The van der Waals surface area contributed by atoms with Crippen LogP contribution >= 0.6 is 23.4 Å². The minimum Gasteiger partial charge on any atom is -0.227 e. The van der Waals surface area contributed by atoms with Crippen LogP contribution in [0.4, 0.5) is 0 Å². The van der Waals surface area contributed by atoms with Crippen LogP contribution in [0, 0.1) is 20.8 Å². The van der Waals surface area contributed by atoms with Crippen LogP contribution in [-0.4, -0.2) is 9.97 Å². The van der Waals surface area contributed by atoms with Gasteiger partial charge in [-0.1, -0.05) is 35.9 Å². The lowest BCUT2D eigenvalue weighted by Gasteiger charge is -2.08. The van der Waals surface area contributed by atoms with E-state index in [4.69, 9.17) is 11.6 Å². The Hall–Kier alpha value is -1.06. The molecule has 2 aromatic rings. The Bertz CT molecular complexity index is 570. The lowest BCUT2D eigenvalue weighted by molar-refractivity contribution is 0.938. The molecule has 1 aromatic carbocycles. The van der Waals surface area contributed by atoms with Gasteiger partial charge in [-0.05, 0) is 31.9 Å². The van der Waals surface area contributed by atoms with Crippen LogP contribution in [0.5, 0.6) is 0 Å². The second-order valence-corrected chi connectivity index (χ2v) is 5.53. The second-order valence-electron chi connectivity index (χ2n) is 4.21. The van der Waals surface area contributed by atoms with Crippen molar-refractivity contribution in [2.24, 2.45) is 0 Å². The van der Waals surface area contributed by atoms with Gasteiger partial charge in [0.1, 0.15) is 16.0 Å². The molecule has 0 aliphatic rings. The maximum absolute atomic E-state index is 6.07. The van der Waals surface area contributed by atoms with Gasteiger partial charge in [-0.2, -0.15) is 0 Å². The van der Waals surface area contributed by atoms with E-state index in [0.717, 1.165) is 22.2 Å². The molecule has 0 saturated carbocycles. The molecule has 2 rings (SSSR count). The minimum atomic E-state index is 0.551. The van der Waals surface area contributed by atoms with E-state index in [1.165, 1.54) is 11.1 Å². The van der Waals surface area contributed by atoms with Crippen molar-refractivity contribution in [1.29, 1.82) is 0 Å². The van der Waals surface area contributed by atoms with Crippen LogP contribution in [0.25, 0.3) is 0 Å². The van der Waals surface area contributed by atoms with E-state index in [1.54, 1.807) is 11.8 Å². The van der Waals surface area contributed by atoms with Crippen molar-refractivity contribution in [2.75, 3.05) is 0 Å². The third-order valence-corrected chi connectivity index (χ3v) is 4.27. The monoisotopic (exact) mass is 278 g/mol. The Kier molecular flexibility index (Phi) is 4.25. The summed E-state index contributed by atoms with van der Waals surface area (Å²) in [5.41, 5.74) is 3.59. The third-order valence-electron chi connectivity index (χ3n) is 2.78. The smallest absolute Gasteiger partial charge is 0.136 e. The fourth-order valence-corrected chi connectivity index (χ4v) is 3.02. The van der Waals surface area contributed by atoms with Gasteiger partial charge in [-0.25, -0.2) is 9.97 Å². The number of hydrogen-bond acceptors (Lipinski definition) is 3. The van der Waals surface area contributed by atoms with Crippen molar-refractivity contribution in [3.8, 4) is 0 Å². The van der Waals surface area contributed by atoms with Crippen LogP contribution in [0.3, 0.4) is 0 Å². The Balaban J connectivity index is 2.18. The van der Waals surface area contributed by atoms with E-state index in [0.29, 0.717) is 5.15 Å². The number of thioether (sulfide) groups is 1. The minimum absolute atomic E-state index is 0.551.